The summed E-state index contributed by atoms with van der Waals surface area (Å²) < 4.78 is 0. The van der Waals surface area contributed by atoms with Crippen molar-refractivity contribution in [3.63, 3.8) is 0 Å². The van der Waals surface area contributed by atoms with Crippen molar-refractivity contribution in [3.8, 4) is 0 Å². The lowest BCUT2D eigenvalue weighted by atomic mass is 9.89. The van der Waals surface area contributed by atoms with Gasteiger partial charge in [0.05, 0.1) is 5.60 Å². The molecule has 13 heavy (non-hydrogen) atoms. The van der Waals surface area contributed by atoms with Gasteiger partial charge in [-0.25, -0.2) is 0 Å². The van der Waals surface area contributed by atoms with E-state index in [9.17, 15) is 5.11 Å². The van der Waals surface area contributed by atoms with Crippen LogP contribution in [-0.4, -0.2) is 28.8 Å². The lowest BCUT2D eigenvalue weighted by Crippen LogP contribution is -2.47. The van der Waals surface area contributed by atoms with Gasteiger partial charge in [0.1, 0.15) is 0 Å². The van der Waals surface area contributed by atoms with Gasteiger partial charge in [-0.15, -0.1) is 0 Å². The van der Waals surface area contributed by atoms with Crippen LogP contribution in [0.15, 0.2) is 18.3 Å². The molecule has 1 saturated heterocycles. The third-order valence-corrected chi connectivity index (χ3v) is 2.63. The highest BCUT2D eigenvalue weighted by molar-refractivity contribution is 5.08. The molecule has 3 N–H and O–H groups in total. The zero-order valence-electron chi connectivity index (χ0n) is 7.71. The Labute approximate surface area is 78.2 Å². The van der Waals surface area contributed by atoms with E-state index in [1.807, 2.05) is 18.3 Å². The van der Waals surface area contributed by atoms with Crippen molar-refractivity contribution in [2.24, 2.45) is 0 Å². The Kier molecular flexibility index (Phi) is 2.38. The first kappa shape index (κ1) is 8.78. The Bertz CT molecular complexity index is 250. The Morgan fingerprint density at radius 2 is 2.46 bits per heavy atom. The van der Waals surface area contributed by atoms with Gasteiger partial charge in [0.2, 0.25) is 0 Å². The molecular weight excluding hydrogens is 164 g/mol. The van der Waals surface area contributed by atoms with Crippen molar-refractivity contribution in [2.75, 3.05) is 13.1 Å². The minimum atomic E-state index is -0.539. The quantitative estimate of drug-likeness (QED) is 0.626. The third kappa shape index (κ3) is 2.11. The fourth-order valence-electron chi connectivity index (χ4n) is 1.93. The Balaban J connectivity index is 1.99. The zero-order chi connectivity index (χ0) is 9.15. The van der Waals surface area contributed by atoms with Crippen LogP contribution < -0.4 is 5.32 Å². The smallest absolute Gasteiger partial charge is 0.0826 e. The van der Waals surface area contributed by atoms with Crippen molar-refractivity contribution in [2.45, 2.75) is 24.9 Å². The summed E-state index contributed by atoms with van der Waals surface area (Å²) in [5, 5.41) is 13.4. The lowest BCUT2D eigenvalue weighted by molar-refractivity contribution is 0.0162. The van der Waals surface area contributed by atoms with E-state index in [2.05, 4.69) is 10.3 Å². The fraction of sp³-hybridized carbons (Fsp3) is 0.600. The number of aliphatic hydroxyl groups is 1. The molecule has 72 valence electrons. The summed E-state index contributed by atoms with van der Waals surface area (Å²) >= 11 is 0. The van der Waals surface area contributed by atoms with Crippen LogP contribution in [0.3, 0.4) is 0 Å². The second-order valence-electron chi connectivity index (χ2n) is 3.88. The van der Waals surface area contributed by atoms with Gasteiger partial charge in [0.15, 0.2) is 0 Å². The maximum Gasteiger partial charge on any atom is 0.0826 e. The number of β-amino-alcohol motifs (C(OH)–C–C–N with tert-alkyl or cyclic N) is 1. The monoisotopic (exact) mass is 180 g/mol. The summed E-state index contributed by atoms with van der Waals surface area (Å²) in [7, 11) is 0. The van der Waals surface area contributed by atoms with E-state index in [0.717, 1.165) is 31.5 Å². The van der Waals surface area contributed by atoms with Crippen molar-refractivity contribution >= 4 is 0 Å². The SMILES string of the molecule is OC1(Cc2ccc[nH]2)CCCNC1. The number of aromatic amines is 1. The molecule has 1 atom stereocenters. The fourth-order valence-corrected chi connectivity index (χ4v) is 1.93. The first-order chi connectivity index (χ1) is 6.29. The molecule has 0 spiro atoms. The summed E-state index contributed by atoms with van der Waals surface area (Å²) in [6.07, 6.45) is 4.60. The number of nitrogens with one attached hydrogen (secondary N) is 2. The number of hydrogen-bond donors (Lipinski definition) is 3. The summed E-state index contributed by atoms with van der Waals surface area (Å²) in [6, 6.07) is 3.99. The van der Waals surface area contributed by atoms with E-state index in [0.29, 0.717) is 6.54 Å². The van der Waals surface area contributed by atoms with Crippen molar-refractivity contribution in [3.05, 3.63) is 24.0 Å². The Morgan fingerprint density at radius 1 is 1.54 bits per heavy atom. The van der Waals surface area contributed by atoms with Gasteiger partial charge in [0, 0.05) is 24.9 Å². The van der Waals surface area contributed by atoms with Gasteiger partial charge >= 0.3 is 0 Å². The van der Waals surface area contributed by atoms with Crippen molar-refractivity contribution < 1.29 is 5.11 Å². The molecule has 1 fully saturated rings. The molecule has 1 aromatic heterocycles. The first-order valence-corrected chi connectivity index (χ1v) is 4.84. The zero-order valence-corrected chi connectivity index (χ0v) is 7.71. The lowest BCUT2D eigenvalue weighted by Gasteiger charge is -2.32. The summed E-state index contributed by atoms with van der Waals surface area (Å²) in [5.41, 5.74) is 0.578. The van der Waals surface area contributed by atoms with Gasteiger partial charge in [-0.3, -0.25) is 0 Å². The minimum absolute atomic E-state index is 0.539. The van der Waals surface area contributed by atoms with Crippen LogP contribution in [0.2, 0.25) is 0 Å². The molecule has 1 aromatic rings. The highest BCUT2D eigenvalue weighted by atomic mass is 16.3. The third-order valence-electron chi connectivity index (χ3n) is 2.63. The van der Waals surface area contributed by atoms with E-state index in [1.165, 1.54) is 0 Å². The molecule has 0 bridgehead atoms. The molecule has 0 amide bonds. The number of H-pyrrole nitrogens is 1. The van der Waals surface area contributed by atoms with E-state index in [4.69, 9.17) is 0 Å². The number of hydrogen-bond acceptors (Lipinski definition) is 2. The highest BCUT2D eigenvalue weighted by Gasteiger charge is 2.29. The summed E-state index contributed by atoms with van der Waals surface area (Å²) in [4.78, 5) is 3.12. The maximum absolute atomic E-state index is 10.2. The normalized spacial score (nSPS) is 29.0. The van der Waals surface area contributed by atoms with Crippen LogP contribution >= 0.6 is 0 Å². The van der Waals surface area contributed by atoms with E-state index in [-0.39, 0.29) is 0 Å². The molecule has 1 aliphatic heterocycles. The molecular formula is C10H16N2O. The minimum Gasteiger partial charge on any atom is -0.388 e. The average molecular weight is 180 g/mol. The number of rotatable bonds is 2. The van der Waals surface area contributed by atoms with Gasteiger partial charge in [0.25, 0.3) is 0 Å². The summed E-state index contributed by atoms with van der Waals surface area (Å²) in [6.45, 7) is 1.75. The molecule has 3 nitrogen and oxygen atoms in total. The molecule has 2 rings (SSSR count). The van der Waals surface area contributed by atoms with Crippen molar-refractivity contribution in [1.82, 2.24) is 10.3 Å². The number of aromatic nitrogens is 1. The van der Waals surface area contributed by atoms with E-state index in [1.54, 1.807) is 0 Å². The summed E-state index contributed by atoms with van der Waals surface area (Å²) in [5.74, 6) is 0. The number of piperidine rings is 1. The van der Waals surface area contributed by atoms with Gasteiger partial charge in [-0.1, -0.05) is 0 Å². The predicted molar refractivity (Wildman–Crippen MR) is 51.6 cm³/mol. The van der Waals surface area contributed by atoms with Crippen LogP contribution in [0, 0.1) is 0 Å². The van der Waals surface area contributed by atoms with Crippen LogP contribution in [0.5, 0.6) is 0 Å². The molecule has 3 heteroatoms. The second-order valence-corrected chi connectivity index (χ2v) is 3.88. The predicted octanol–water partition coefficient (Wildman–Crippen LogP) is 0.672. The molecule has 1 unspecified atom stereocenters. The highest BCUT2D eigenvalue weighted by Crippen LogP contribution is 2.20. The molecule has 2 heterocycles. The first-order valence-electron chi connectivity index (χ1n) is 4.84. The standard InChI is InChI=1S/C10H16N2O/c13-10(4-2-5-11-8-10)7-9-3-1-6-12-9/h1,3,6,11-13H,2,4-5,7-8H2. The van der Waals surface area contributed by atoms with Crippen LogP contribution in [-0.2, 0) is 6.42 Å². The van der Waals surface area contributed by atoms with Crippen LogP contribution in [0.4, 0.5) is 0 Å². The van der Waals surface area contributed by atoms with E-state index >= 15 is 0 Å². The largest absolute Gasteiger partial charge is 0.388 e. The molecule has 0 saturated carbocycles. The van der Waals surface area contributed by atoms with Crippen molar-refractivity contribution in [1.29, 1.82) is 0 Å². The second kappa shape index (κ2) is 3.52. The van der Waals surface area contributed by atoms with Gasteiger partial charge in [-0.05, 0) is 31.5 Å². The average Bonchev–Trinajstić information content (AvgIpc) is 2.57. The Morgan fingerprint density at radius 3 is 3.08 bits per heavy atom. The maximum atomic E-state index is 10.2. The molecule has 1 aliphatic rings. The molecule has 0 aliphatic carbocycles. The molecule has 0 radical (unpaired) electrons. The van der Waals surface area contributed by atoms with Crippen LogP contribution in [0.1, 0.15) is 18.5 Å². The van der Waals surface area contributed by atoms with E-state index < -0.39 is 5.60 Å². The van der Waals surface area contributed by atoms with Gasteiger partial charge in [-0.2, -0.15) is 0 Å². The van der Waals surface area contributed by atoms with Gasteiger partial charge < -0.3 is 15.4 Å². The molecule has 0 aromatic carbocycles. The van der Waals surface area contributed by atoms with Crippen LogP contribution in [0.25, 0.3) is 0 Å². The Hall–Kier alpha value is -0.800. The topological polar surface area (TPSA) is 48.0 Å².